The zero-order valence-corrected chi connectivity index (χ0v) is 20.9. The molecule has 0 spiro atoms. The molecule has 0 radical (unpaired) electrons. The van der Waals surface area contributed by atoms with Gasteiger partial charge in [-0.25, -0.2) is 8.78 Å². The number of methoxy groups -OCH3 is 1. The van der Waals surface area contributed by atoms with Crippen LogP contribution in [0.15, 0.2) is 29.2 Å². The van der Waals surface area contributed by atoms with Crippen LogP contribution in [-0.4, -0.2) is 64.0 Å². The third-order valence-corrected chi connectivity index (χ3v) is 7.10. The van der Waals surface area contributed by atoms with E-state index < -0.39 is 34.4 Å². The van der Waals surface area contributed by atoms with Crippen molar-refractivity contribution >= 4 is 27.8 Å². The number of hydrogen-bond acceptors (Lipinski definition) is 8. The maximum atomic E-state index is 13.9. The molecule has 2 aromatic rings. The predicted molar refractivity (Wildman–Crippen MR) is 134 cm³/mol. The molecule has 0 aliphatic heterocycles. The maximum absolute atomic E-state index is 13.9. The van der Waals surface area contributed by atoms with Crippen molar-refractivity contribution in [3.05, 3.63) is 63.1 Å². The number of pyridine rings is 1. The van der Waals surface area contributed by atoms with Gasteiger partial charge in [-0.15, -0.1) is 0 Å². The predicted octanol–water partition coefficient (Wildman–Crippen LogP) is 3.22. The monoisotopic (exact) mass is 521 g/mol. The number of ether oxygens (including phenoxy) is 1. The normalized spacial score (nSPS) is 14.6. The van der Waals surface area contributed by atoms with Crippen LogP contribution in [-0.2, 0) is 11.2 Å². The summed E-state index contributed by atoms with van der Waals surface area (Å²) in [6.45, 7) is 0.498. The third kappa shape index (κ3) is 5.82. The molecule has 3 rings (SSSR count). The Labute approximate surface area is 211 Å². The second-order valence-electron chi connectivity index (χ2n) is 8.46. The lowest BCUT2D eigenvalue weighted by molar-refractivity contribution is 0.0276. The number of H-pyrrole nitrogens is 1. The molecule has 0 saturated heterocycles. The van der Waals surface area contributed by atoms with Crippen molar-refractivity contribution in [1.29, 1.82) is 10.8 Å². The first-order valence-electron chi connectivity index (χ1n) is 11.4. The number of carbonyl (C=O) groups excluding carboxylic acids is 1. The van der Waals surface area contributed by atoms with Crippen molar-refractivity contribution < 1.29 is 23.4 Å². The highest BCUT2D eigenvalue weighted by atomic mass is 32.2. The average molecular weight is 522 g/mol. The Bertz CT molecular complexity index is 1210. The van der Waals surface area contributed by atoms with Crippen molar-refractivity contribution in [2.24, 2.45) is 0 Å². The van der Waals surface area contributed by atoms with E-state index in [1.165, 1.54) is 13.2 Å². The minimum absolute atomic E-state index is 0.0703. The summed E-state index contributed by atoms with van der Waals surface area (Å²) < 4.78 is 32.1. The van der Waals surface area contributed by atoms with Gasteiger partial charge in [-0.2, -0.15) is 0 Å². The molecule has 1 fully saturated rings. The number of nitrogens with zero attached hydrogens (tertiary/aromatic N) is 1. The molecule has 0 atom stereocenters. The summed E-state index contributed by atoms with van der Waals surface area (Å²) in [5, 5.41) is 29.6. The van der Waals surface area contributed by atoms with E-state index in [1.54, 1.807) is 11.9 Å². The zero-order chi connectivity index (χ0) is 26.5. The lowest BCUT2D eigenvalue weighted by atomic mass is 10.1. The maximum Gasteiger partial charge on any atom is 0.275 e. The molecular weight excluding hydrogens is 492 g/mol. The van der Waals surface area contributed by atoms with Gasteiger partial charge in [0.25, 0.3) is 5.91 Å². The number of aromatic hydroxyl groups is 1. The molecule has 12 heteroatoms. The lowest BCUT2D eigenvalue weighted by Crippen LogP contribution is -2.59. The molecule has 194 valence electrons. The summed E-state index contributed by atoms with van der Waals surface area (Å²) in [6, 6.07) is 2.98. The van der Waals surface area contributed by atoms with Crippen molar-refractivity contribution in [3.63, 3.8) is 0 Å². The summed E-state index contributed by atoms with van der Waals surface area (Å²) in [6.07, 6.45) is 4.19. The minimum atomic E-state index is -0.938. The van der Waals surface area contributed by atoms with E-state index in [0.29, 0.717) is 30.7 Å². The molecule has 0 unspecified atom stereocenters. The fraction of sp³-hybridized carbons (Fsp3) is 0.417. The fourth-order valence-corrected chi connectivity index (χ4v) is 5.08. The van der Waals surface area contributed by atoms with Gasteiger partial charge >= 0.3 is 0 Å². The smallest absolute Gasteiger partial charge is 0.275 e. The van der Waals surface area contributed by atoms with Gasteiger partial charge in [0, 0.05) is 32.3 Å². The van der Waals surface area contributed by atoms with E-state index in [9.17, 15) is 23.5 Å². The second-order valence-corrected chi connectivity index (χ2v) is 9.57. The van der Waals surface area contributed by atoms with Crippen molar-refractivity contribution in [1.82, 2.24) is 15.2 Å². The molecule has 1 heterocycles. The highest BCUT2D eigenvalue weighted by molar-refractivity contribution is 8.26. The topological polar surface area (TPSA) is 142 Å². The van der Waals surface area contributed by atoms with Gasteiger partial charge < -0.3 is 19.7 Å². The molecule has 1 aromatic heterocycles. The number of nitrogens with one attached hydrogen (secondary N) is 4. The first-order valence-corrected chi connectivity index (χ1v) is 12.2. The second kappa shape index (κ2) is 11.8. The van der Waals surface area contributed by atoms with Crippen molar-refractivity contribution in [2.75, 3.05) is 27.3 Å². The Morgan fingerprint density at radius 3 is 2.61 bits per heavy atom. The van der Waals surface area contributed by atoms with E-state index in [1.807, 2.05) is 0 Å². The van der Waals surface area contributed by atoms with Gasteiger partial charge in [0.2, 0.25) is 5.43 Å². The van der Waals surface area contributed by atoms with Crippen LogP contribution in [0, 0.1) is 22.5 Å². The molecule has 0 bridgehead atoms. The largest absolute Gasteiger partial charge is 0.503 e. The Kier molecular flexibility index (Phi) is 8.98. The van der Waals surface area contributed by atoms with E-state index in [0.717, 1.165) is 25.1 Å². The lowest BCUT2D eigenvalue weighted by Gasteiger charge is -2.41. The third-order valence-electron chi connectivity index (χ3n) is 6.28. The van der Waals surface area contributed by atoms with Crippen molar-refractivity contribution in [3.8, 4) is 5.75 Å². The highest BCUT2D eigenvalue weighted by Gasteiger charge is 2.42. The van der Waals surface area contributed by atoms with E-state index in [-0.39, 0.29) is 46.5 Å². The molecule has 9 nitrogen and oxygen atoms in total. The Balaban J connectivity index is 1.81. The Morgan fingerprint density at radius 2 is 2.00 bits per heavy atom. The summed E-state index contributed by atoms with van der Waals surface area (Å²) in [5.41, 5.74) is -2.05. The van der Waals surface area contributed by atoms with Crippen LogP contribution in [0.2, 0.25) is 0 Å². The first-order chi connectivity index (χ1) is 17.1. The van der Waals surface area contributed by atoms with Gasteiger partial charge in [-0.3, -0.25) is 25.7 Å². The number of benzene rings is 1. The van der Waals surface area contributed by atoms with Crippen LogP contribution in [0.4, 0.5) is 8.78 Å². The van der Waals surface area contributed by atoms with E-state index in [2.05, 4.69) is 10.3 Å². The molecule has 5 N–H and O–H groups in total. The van der Waals surface area contributed by atoms with E-state index >= 15 is 0 Å². The number of hydrogen-bond donors (Lipinski definition) is 5. The number of halogens is 2. The molecular formula is C24H29F2N5O4S. The molecule has 1 amide bonds. The quantitative estimate of drug-likeness (QED) is 0.195. The zero-order valence-electron chi connectivity index (χ0n) is 20.0. The number of aromatic nitrogens is 1. The number of aromatic amines is 1. The molecule has 1 saturated carbocycles. The van der Waals surface area contributed by atoms with Gasteiger partial charge in [0.15, 0.2) is 11.4 Å². The summed E-state index contributed by atoms with van der Waals surface area (Å²) in [5.74, 6) is -2.96. The van der Waals surface area contributed by atoms with Crippen molar-refractivity contribution in [2.45, 2.75) is 37.8 Å². The molecule has 1 aliphatic rings. The van der Waals surface area contributed by atoms with Gasteiger partial charge in [-0.1, -0.05) is 17.8 Å². The van der Waals surface area contributed by atoms with Crippen LogP contribution < -0.4 is 10.7 Å². The standard InChI is InChI=1S/C24H29F2N5O4S/c1-29-24(7-3-4-8-24)31(9-10-35-2)23(34)19-21(33)20(32)16(13-30-19)22(28)36-18(27)11-14-5-6-15(25)12-17(14)26/h5-6,12-13,27-29,33H,3-4,7-11H2,1-2H3,(H,30,32). The Morgan fingerprint density at radius 1 is 1.31 bits per heavy atom. The number of carbonyl (C=O) groups is 1. The number of thioether (sulfide) groups is 1. The summed E-state index contributed by atoms with van der Waals surface area (Å²) in [4.78, 5) is 30.5. The van der Waals surface area contributed by atoms with Crippen LogP contribution >= 0.6 is 11.8 Å². The molecule has 36 heavy (non-hydrogen) atoms. The van der Waals surface area contributed by atoms with Crippen LogP contribution in [0.25, 0.3) is 0 Å². The summed E-state index contributed by atoms with van der Waals surface area (Å²) in [7, 11) is 3.28. The minimum Gasteiger partial charge on any atom is -0.503 e. The van der Waals surface area contributed by atoms with E-state index in [4.69, 9.17) is 15.6 Å². The number of amides is 1. The van der Waals surface area contributed by atoms with Crippen LogP contribution in [0.1, 0.15) is 47.3 Å². The van der Waals surface area contributed by atoms with Crippen LogP contribution in [0.5, 0.6) is 5.75 Å². The summed E-state index contributed by atoms with van der Waals surface area (Å²) >= 11 is 0.592. The van der Waals surface area contributed by atoms with Gasteiger partial charge in [-0.05, 0) is 44.4 Å². The van der Waals surface area contributed by atoms with Crippen LogP contribution in [0.3, 0.4) is 0 Å². The average Bonchev–Trinajstić information content (AvgIpc) is 3.32. The van der Waals surface area contributed by atoms with Gasteiger partial charge in [0.05, 0.1) is 22.9 Å². The Hall–Kier alpha value is -3.09. The van der Waals surface area contributed by atoms with Gasteiger partial charge in [0.1, 0.15) is 16.7 Å². The number of rotatable bonds is 9. The fourth-order valence-electron chi connectivity index (χ4n) is 4.35. The first kappa shape index (κ1) is 27.5. The molecule has 1 aliphatic carbocycles. The molecule has 1 aromatic carbocycles. The SMILES string of the molecule is CNC1(N(CCOC)C(=O)c2[nH]cc(C(=N)SC(=N)Cc3ccc(F)cc3F)c(=O)c2O)CCCC1. The highest BCUT2D eigenvalue weighted by Crippen LogP contribution is 2.34.